The number of thiazole rings is 1. The van der Waals surface area contributed by atoms with Gasteiger partial charge in [0, 0.05) is 37.4 Å². The molecule has 2 aromatic heterocycles. The first-order chi connectivity index (χ1) is 12.6. The highest BCUT2D eigenvalue weighted by Crippen LogP contribution is 2.29. The van der Waals surface area contributed by atoms with E-state index in [1.807, 2.05) is 30.3 Å². The number of benzene rings is 1. The van der Waals surface area contributed by atoms with Crippen molar-refractivity contribution in [3.05, 3.63) is 59.0 Å². The van der Waals surface area contributed by atoms with E-state index in [4.69, 9.17) is 23.2 Å². The van der Waals surface area contributed by atoms with Crippen molar-refractivity contribution in [1.29, 1.82) is 0 Å². The van der Waals surface area contributed by atoms with Crippen LogP contribution in [0.1, 0.15) is 0 Å². The lowest BCUT2D eigenvalue weighted by Crippen LogP contribution is -2.47. The predicted molar refractivity (Wildman–Crippen MR) is 110 cm³/mol. The first-order valence-corrected chi connectivity index (χ1v) is 9.80. The van der Waals surface area contributed by atoms with Crippen molar-refractivity contribution in [2.24, 2.45) is 0 Å². The summed E-state index contributed by atoms with van der Waals surface area (Å²) in [7, 11) is 0. The Balaban J connectivity index is 1.39. The lowest BCUT2D eigenvalue weighted by molar-refractivity contribution is 0.325. The number of aromatic nitrogens is 2. The largest absolute Gasteiger partial charge is 0.355 e. The van der Waals surface area contributed by atoms with Crippen LogP contribution in [-0.4, -0.2) is 41.0 Å². The van der Waals surface area contributed by atoms with E-state index in [9.17, 15) is 0 Å². The molecule has 0 aliphatic carbocycles. The second-order valence-corrected chi connectivity index (χ2v) is 7.86. The molecule has 8 heteroatoms. The fraction of sp³-hybridized carbons (Fsp3) is 0.222. The second kappa shape index (κ2) is 7.31. The molecule has 4 rings (SSSR count). The van der Waals surface area contributed by atoms with Crippen LogP contribution in [-0.2, 0) is 0 Å². The van der Waals surface area contributed by atoms with Crippen LogP contribution in [0.3, 0.4) is 0 Å². The average Bonchev–Trinajstić information content (AvgIpc) is 3.03. The van der Waals surface area contributed by atoms with Gasteiger partial charge in [-0.3, -0.25) is 0 Å². The van der Waals surface area contributed by atoms with Gasteiger partial charge in [0.15, 0.2) is 5.13 Å². The summed E-state index contributed by atoms with van der Waals surface area (Å²) < 4.78 is 1.06. The van der Waals surface area contributed by atoms with Gasteiger partial charge in [0.2, 0.25) is 0 Å². The van der Waals surface area contributed by atoms with Crippen molar-refractivity contribution in [2.45, 2.75) is 0 Å². The summed E-state index contributed by atoms with van der Waals surface area (Å²) in [5.41, 5.74) is 0.935. The van der Waals surface area contributed by atoms with E-state index in [1.54, 1.807) is 17.5 Å². The minimum atomic E-state index is 0.686. The molecular formula is C18H17Cl2N5S. The van der Waals surface area contributed by atoms with Crippen LogP contribution in [0.15, 0.2) is 48.9 Å². The number of rotatable bonds is 4. The normalized spacial score (nSPS) is 14.7. The molecule has 5 nitrogen and oxygen atoms in total. The molecule has 1 aliphatic rings. The molecular weight excluding hydrogens is 389 g/mol. The fourth-order valence-corrected chi connectivity index (χ4v) is 4.36. The molecule has 26 heavy (non-hydrogen) atoms. The van der Waals surface area contributed by atoms with E-state index in [0.717, 1.165) is 58.2 Å². The number of fused-ring (bicyclic) bond motifs is 1. The zero-order valence-corrected chi connectivity index (χ0v) is 16.3. The van der Waals surface area contributed by atoms with Gasteiger partial charge in [0.05, 0.1) is 15.2 Å². The van der Waals surface area contributed by atoms with E-state index < -0.39 is 0 Å². The summed E-state index contributed by atoms with van der Waals surface area (Å²) in [4.78, 5) is 13.4. The van der Waals surface area contributed by atoms with Crippen LogP contribution in [0.25, 0.3) is 10.2 Å². The molecule has 3 aromatic rings. The SMILES string of the molecule is C=C(Nc1nc2ccc(Cl)cc2s1)N1CCN(c2ncccc2Cl)CC1. The Morgan fingerprint density at radius 2 is 1.96 bits per heavy atom. The number of pyridine rings is 1. The lowest BCUT2D eigenvalue weighted by Gasteiger charge is -2.37. The maximum atomic E-state index is 6.25. The maximum absolute atomic E-state index is 6.25. The number of anilines is 2. The topological polar surface area (TPSA) is 44.3 Å². The summed E-state index contributed by atoms with van der Waals surface area (Å²) in [6, 6.07) is 9.43. The van der Waals surface area contributed by atoms with Crippen LogP contribution in [0.2, 0.25) is 10.0 Å². The third kappa shape index (κ3) is 3.58. The van der Waals surface area contributed by atoms with Crippen molar-refractivity contribution in [1.82, 2.24) is 14.9 Å². The quantitative estimate of drug-likeness (QED) is 0.680. The van der Waals surface area contributed by atoms with Crippen LogP contribution < -0.4 is 10.2 Å². The van der Waals surface area contributed by atoms with Gasteiger partial charge in [0.25, 0.3) is 0 Å². The summed E-state index contributed by atoms with van der Waals surface area (Å²) in [6.07, 6.45) is 1.77. The number of nitrogens with zero attached hydrogens (tertiary/aromatic N) is 4. The van der Waals surface area contributed by atoms with Crippen molar-refractivity contribution < 1.29 is 0 Å². The van der Waals surface area contributed by atoms with Gasteiger partial charge in [-0.2, -0.15) is 0 Å². The first kappa shape index (κ1) is 17.4. The zero-order valence-electron chi connectivity index (χ0n) is 14.0. The molecule has 0 atom stereocenters. The highest BCUT2D eigenvalue weighted by atomic mass is 35.5. The third-order valence-electron chi connectivity index (χ3n) is 4.30. The maximum Gasteiger partial charge on any atom is 0.189 e. The highest BCUT2D eigenvalue weighted by Gasteiger charge is 2.21. The minimum Gasteiger partial charge on any atom is -0.355 e. The Hall–Kier alpha value is -2.02. The number of hydrogen-bond donors (Lipinski definition) is 1. The van der Waals surface area contributed by atoms with Crippen molar-refractivity contribution in [2.75, 3.05) is 36.4 Å². The second-order valence-electron chi connectivity index (χ2n) is 5.99. The van der Waals surface area contributed by atoms with Gasteiger partial charge < -0.3 is 15.1 Å². The average molecular weight is 406 g/mol. The van der Waals surface area contributed by atoms with E-state index in [0.29, 0.717) is 5.02 Å². The molecule has 0 radical (unpaired) electrons. The molecule has 0 saturated carbocycles. The Kier molecular flexibility index (Phi) is 4.89. The van der Waals surface area contributed by atoms with E-state index in [1.165, 1.54) is 0 Å². The summed E-state index contributed by atoms with van der Waals surface area (Å²) in [5.74, 6) is 1.69. The number of hydrogen-bond acceptors (Lipinski definition) is 6. The van der Waals surface area contributed by atoms with Crippen LogP contribution >= 0.6 is 34.5 Å². The molecule has 134 valence electrons. The summed E-state index contributed by atoms with van der Waals surface area (Å²) >= 11 is 13.9. The standard InChI is InChI=1S/C18H17Cl2N5S/c1-12(22-18-23-15-5-4-13(19)11-16(15)26-18)24-7-9-25(10-8-24)17-14(20)3-2-6-21-17/h2-6,11H,1,7-10H2,(H,22,23). The van der Waals surface area contributed by atoms with Gasteiger partial charge in [0.1, 0.15) is 11.6 Å². The molecule has 0 bridgehead atoms. The Morgan fingerprint density at radius 3 is 2.73 bits per heavy atom. The molecule has 1 saturated heterocycles. The molecule has 0 unspecified atom stereocenters. The first-order valence-electron chi connectivity index (χ1n) is 8.22. The molecule has 0 spiro atoms. The van der Waals surface area contributed by atoms with Crippen LogP contribution in [0.5, 0.6) is 0 Å². The number of nitrogens with one attached hydrogen (secondary N) is 1. The molecule has 1 aliphatic heterocycles. The number of halogens is 2. The molecule has 1 N–H and O–H groups in total. The van der Waals surface area contributed by atoms with Crippen molar-refractivity contribution in [3.8, 4) is 0 Å². The van der Waals surface area contributed by atoms with Gasteiger partial charge in [-0.05, 0) is 30.3 Å². The Morgan fingerprint density at radius 1 is 1.15 bits per heavy atom. The zero-order chi connectivity index (χ0) is 18.1. The Bertz CT molecular complexity index is 950. The summed E-state index contributed by atoms with van der Waals surface area (Å²) in [6.45, 7) is 7.54. The molecule has 1 aromatic carbocycles. The minimum absolute atomic E-state index is 0.686. The van der Waals surface area contributed by atoms with Gasteiger partial charge >= 0.3 is 0 Å². The summed E-state index contributed by atoms with van der Waals surface area (Å²) in [5, 5.41) is 5.55. The predicted octanol–water partition coefficient (Wildman–Crippen LogP) is 4.70. The lowest BCUT2D eigenvalue weighted by atomic mass is 10.3. The van der Waals surface area contributed by atoms with Gasteiger partial charge in [-0.25, -0.2) is 9.97 Å². The van der Waals surface area contributed by atoms with E-state index in [2.05, 4.69) is 31.7 Å². The third-order valence-corrected chi connectivity index (χ3v) is 5.77. The van der Waals surface area contributed by atoms with Crippen LogP contribution in [0.4, 0.5) is 10.9 Å². The number of piperazine rings is 1. The van der Waals surface area contributed by atoms with Crippen molar-refractivity contribution in [3.63, 3.8) is 0 Å². The van der Waals surface area contributed by atoms with E-state index in [-0.39, 0.29) is 0 Å². The fourth-order valence-electron chi connectivity index (χ4n) is 2.95. The smallest absolute Gasteiger partial charge is 0.189 e. The molecule has 3 heterocycles. The van der Waals surface area contributed by atoms with Gasteiger partial charge in [-0.15, -0.1) is 0 Å². The molecule has 1 fully saturated rings. The van der Waals surface area contributed by atoms with Gasteiger partial charge in [-0.1, -0.05) is 41.1 Å². The van der Waals surface area contributed by atoms with E-state index >= 15 is 0 Å². The monoisotopic (exact) mass is 405 g/mol. The van der Waals surface area contributed by atoms with Crippen LogP contribution in [0, 0.1) is 0 Å². The Labute approximate surface area is 165 Å². The highest BCUT2D eigenvalue weighted by molar-refractivity contribution is 7.22. The van der Waals surface area contributed by atoms with Crippen molar-refractivity contribution >= 4 is 55.7 Å². The molecule has 0 amide bonds.